The minimum atomic E-state index is -0.641. The Bertz CT molecular complexity index is 900. The molecule has 25 heavy (non-hydrogen) atoms. The molecular weight excluding hydrogens is 338 g/mol. The fourth-order valence-corrected chi connectivity index (χ4v) is 3.02. The number of ketones is 1. The lowest BCUT2D eigenvalue weighted by molar-refractivity contribution is -0.137. The lowest BCUT2D eigenvalue weighted by Crippen LogP contribution is -2.18. The van der Waals surface area contributed by atoms with Gasteiger partial charge in [-0.2, -0.15) is 0 Å². The molecule has 0 atom stereocenters. The van der Waals surface area contributed by atoms with Crippen LogP contribution in [0.25, 0.3) is 6.08 Å². The second-order valence-electron chi connectivity index (χ2n) is 5.54. The summed E-state index contributed by atoms with van der Waals surface area (Å²) in [7, 11) is 1.27. The maximum absolute atomic E-state index is 12.9. The Morgan fingerprint density at radius 2 is 1.84 bits per heavy atom. The molecule has 5 heteroatoms. The van der Waals surface area contributed by atoms with Crippen LogP contribution in [-0.4, -0.2) is 18.9 Å². The van der Waals surface area contributed by atoms with Crippen LogP contribution < -0.4 is 4.90 Å². The minimum Gasteiger partial charge on any atom is -0.465 e. The highest BCUT2D eigenvalue weighted by Gasteiger charge is 2.38. The first-order chi connectivity index (χ1) is 12.0. The number of methoxy groups -OCH3 is 1. The molecule has 0 saturated heterocycles. The second-order valence-corrected chi connectivity index (χ2v) is 5.97. The van der Waals surface area contributed by atoms with Crippen molar-refractivity contribution in [2.75, 3.05) is 12.0 Å². The summed E-state index contributed by atoms with van der Waals surface area (Å²) < 4.78 is 4.78. The van der Waals surface area contributed by atoms with Gasteiger partial charge >= 0.3 is 5.97 Å². The standard InChI is InChI=1S/C20H16ClNO3/c1-13-18(20(24)25-2)19(23)17(12-14-7-6-8-15(21)11-14)22(13)16-9-4-3-5-10-16/h3-12H,1-2H3/b17-12+. The number of anilines is 1. The number of hydrogen-bond acceptors (Lipinski definition) is 4. The molecule has 0 amide bonds. The smallest absolute Gasteiger partial charge is 0.343 e. The van der Waals surface area contributed by atoms with Gasteiger partial charge < -0.3 is 9.64 Å². The monoisotopic (exact) mass is 353 g/mol. The van der Waals surface area contributed by atoms with E-state index >= 15 is 0 Å². The molecule has 0 N–H and O–H groups in total. The highest BCUT2D eigenvalue weighted by molar-refractivity contribution is 6.31. The molecule has 0 radical (unpaired) electrons. The van der Waals surface area contributed by atoms with E-state index in [-0.39, 0.29) is 11.4 Å². The average Bonchev–Trinajstić information content (AvgIpc) is 2.85. The molecule has 0 unspecified atom stereocenters. The number of halogens is 1. The van der Waals surface area contributed by atoms with E-state index < -0.39 is 5.97 Å². The molecule has 126 valence electrons. The van der Waals surface area contributed by atoms with Crippen LogP contribution in [0.2, 0.25) is 5.02 Å². The first-order valence-corrected chi connectivity index (χ1v) is 8.07. The van der Waals surface area contributed by atoms with Crippen LogP contribution in [0.3, 0.4) is 0 Å². The van der Waals surface area contributed by atoms with Gasteiger partial charge in [-0.1, -0.05) is 41.9 Å². The van der Waals surface area contributed by atoms with Crippen molar-refractivity contribution in [1.29, 1.82) is 0 Å². The van der Waals surface area contributed by atoms with E-state index in [1.165, 1.54) is 7.11 Å². The quantitative estimate of drug-likeness (QED) is 0.471. The maximum atomic E-state index is 12.9. The third-order valence-electron chi connectivity index (χ3n) is 3.95. The van der Waals surface area contributed by atoms with Crippen molar-refractivity contribution in [2.45, 2.75) is 6.92 Å². The Balaban J connectivity index is 2.16. The molecule has 0 aromatic heterocycles. The van der Waals surface area contributed by atoms with Gasteiger partial charge in [0.2, 0.25) is 5.78 Å². The molecule has 4 nitrogen and oxygen atoms in total. The molecule has 0 fully saturated rings. The van der Waals surface area contributed by atoms with Gasteiger partial charge in [0.1, 0.15) is 5.57 Å². The van der Waals surface area contributed by atoms with Crippen molar-refractivity contribution in [2.24, 2.45) is 0 Å². The first kappa shape index (κ1) is 17.0. The first-order valence-electron chi connectivity index (χ1n) is 7.69. The summed E-state index contributed by atoms with van der Waals surface area (Å²) in [5.74, 6) is -1.01. The zero-order valence-corrected chi connectivity index (χ0v) is 14.6. The highest BCUT2D eigenvalue weighted by atomic mass is 35.5. The summed E-state index contributed by atoms with van der Waals surface area (Å²) in [6.45, 7) is 1.73. The van der Waals surface area contributed by atoms with Crippen molar-refractivity contribution in [3.63, 3.8) is 0 Å². The molecule has 1 aliphatic rings. The number of allylic oxidation sites excluding steroid dienone is 2. The van der Waals surface area contributed by atoms with E-state index in [1.807, 2.05) is 42.5 Å². The summed E-state index contributed by atoms with van der Waals surface area (Å²) in [6.07, 6.45) is 1.72. The Morgan fingerprint density at radius 1 is 1.12 bits per heavy atom. The molecule has 0 aliphatic carbocycles. The van der Waals surface area contributed by atoms with Gasteiger partial charge in [0, 0.05) is 16.4 Å². The molecule has 1 heterocycles. The summed E-state index contributed by atoms with van der Waals surface area (Å²) in [5.41, 5.74) is 2.53. The van der Waals surface area contributed by atoms with E-state index in [1.54, 1.807) is 30.0 Å². The number of carbonyl (C=O) groups is 2. The maximum Gasteiger partial charge on any atom is 0.343 e. The Morgan fingerprint density at radius 3 is 2.48 bits per heavy atom. The molecule has 0 bridgehead atoms. The molecular formula is C20H16ClNO3. The second kappa shape index (κ2) is 6.95. The van der Waals surface area contributed by atoms with Gasteiger partial charge in [-0.3, -0.25) is 4.79 Å². The summed E-state index contributed by atoms with van der Waals surface area (Å²) in [5, 5.41) is 0.573. The number of hydrogen-bond donors (Lipinski definition) is 0. The van der Waals surface area contributed by atoms with E-state index in [0.29, 0.717) is 16.4 Å². The van der Waals surface area contributed by atoms with Crippen LogP contribution >= 0.6 is 11.6 Å². The Hall–Kier alpha value is -2.85. The normalized spacial score (nSPS) is 15.9. The van der Waals surface area contributed by atoms with Crippen LogP contribution in [0.4, 0.5) is 5.69 Å². The summed E-state index contributed by atoms with van der Waals surface area (Å²) in [4.78, 5) is 26.7. The van der Waals surface area contributed by atoms with E-state index in [0.717, 1.165) is 11.3 Å². The molecule has 2 aromatic rings. The zero-order valence-electron chi connectivity index (χ0n) is 13.8. The van der Waals surface area contributed by atoms with Crippen molar-refractivity contribution in [1.82, 2.24) is 0 Å². The van der Waals surface area contributed by atoms with Gasteiger partial charge in [-0.15, -0.1) is 0 Å². The van der Waals surface area contributed by atoms with E-state index in [9.17, 15) is 9.59 Å². The highest BCUT2D eigenvalue weighted by Crippen LogP contribution is 2.35. The zero-order chi connectivity index (χ0) is 18.0. The molecule has 1 aliphatic heterocycles. The fraction of sp³-hybridized carbons (Fsp3) is 0.100. The SMILES string of the molecule is COC(=O)C1=C(C)N(c2ccccc2)/C(=C/c2cccc(Cl)c2)C1=O. The van der Waals surface area contributed by atoms with Gasteiger partial charge in [-0.05, 0) is 42.8 Å². The van der Waals surface area contributed by atoms with Gasteiger partial charge in [0.05, 0.1) is 12.8 Å². The summed E-state index contributed by atoms with van der Waals surface area (Å²) in [6, 6.07) is 16.6. The number of nitrogens with zero attached hydrogens (tertiary/aromatic N) is 1. The summed E-state index contributed by atoms with van der Waals surface area (Å²) >= 11 is 6.04. The topological polar surface area (TPSA) is 46.6 Å². The van der Waals surface area contributed by atoms with Crippen molar-refractivity contribution in [3.05, 3.63) is 82.2 Å². The van der Waals surface area contributed by atoms with Crippen LogP contribution in [0.5, 0.6) is 0 Å². The van der Waals surface area contributed by atoms with Crippen LogP contribution in [0.15, 0.2) is 71.6 Å². The van der Waals surface area contributed by atoms with E-state index in [4.69, 9.17) is 16.3 Å². The van der Waals surface area contributed by atoms with E-state index in [2.05, 4.69) is 0 Å². The predicted molar refractivity (Wildman–Crippen MR) is 98.1 cm³/mol. The van der Waals surface area contributed by atoms with Crippen LogP contribution in [0.1, 0.15) is 12.5 Å². The third-order valence-corrected chi connectivity index (χ3v) is 4.19. The van der Waals surface area contributed by atoms with Crippen LogP contribution in [-0.2, 0) is 14.3 Å². The average molecular weight is 354 g/mol. The molecule has 0 spiro atoms. The van der Waals surface area contributed by atoms with Crippen molar-refractivity contribution in [3.8, 4) is 0 Å². The number of para-hydroxylation sites is 1. The number of Topliss-reactive ketones (excluding diaryl/α,β-unsaturated/α-hetero) is 1. The lowest BCUT2D eigenvalue weighted by Gasteiger charge is -2.21. The predicted octanol–water partition coefficient (Wildman–Crippen LogP) is 4.22. The fourth-order valence-electron chi connectivity index (χ4n) is 2.82. The van der Waals surface area contributed by atoms with Gasteiger partial charge in [0.25, 0.3) is 0 Å². The lowest BCUT2D eigenvalue weighted by atomic mass is 10.1. The van der Waals surface area contributed by atoms with Gasteiger partial charge in [-0.25, -0.2) is 4.79 Å². The number of rotatable bonds is 3. The minimum absolute atomic E-state index is 0.0413. The number of benzene rings is 2. The Kier molecular flexibility index (Phi) is 4.72. The number of esters is 1. The Labute approximate surface area is 151 Å². The van der Waals surface area contributed by atoms with Gasteiger partial charge in [0.15, 0.2) is 0 Å². The molecule has 3 rings (SSSR count). The number of ether oxygens (including phenoxy) is 1. The van der Waals surface area contributed by atoms with Crippen molar-refractivity contribution >= 4 is 35.1 Å². The molecule has 2 aromatic carbocycles. The molecule has 0 saturated carbocycles. The third kappa shape index (κ3) is 3.21. The largest absolute Gasteiger partial charge is 0.465 e. The number of carbonyl (C=O) groups excluding carboxylic acids is 2. The van der Waals surface area contributed by atoms with Crippen molar-refractivity contribution < 1.29 is 14.3 Å². The van der Waals surface area contributed by atoms with Crippen LogP contribution in [0, 0.1) is 0 Å².